The lowest BCUT2D eigenvalue weighted by molar-refractivity contribution is 0.0460. The number of likely N-dealkylation sites (N-methyl/N-ethyl adjacent to an activating group) is 1. The largest absolute Gasteiger partial charge is 0.444 e. The topological polar surface area (TPSA) is 106 Å². The van der Waals surface area contributed by atoms with Crippen LogP contribution in [0, 0.1) is 0 Å². The lowest BCUT2D eigenvalue weighted by Gasteiger charge is -2.42. The Morgan fingerprint density at radius 2 is 1.76 bits per heavy atom. The zero-order chi connectivity index (χ0) is 29.7. The van der Waals surface area contributed by atoms with E-state index >= 15 is 0 Å². The number of carbonyl (C=O) groups excluding carboxylic acids is 2. The standard InChI is InChI=1S/C30H46N8O3/c1-8-10-25(24(9-2)33-28(39)41-30(3,4)5)38-20-21-19-31-27(34-26(21)36(7)29(38)40)32-22-11-13-23(14-12-22)37-17-15-35(6)16-18-37/h11-14,19,24-25H,8-10,15-18,20H2,1-7H3,(H,33,39)(H,31,32,34). The Hall–Kier alpha value is -3.60. The summed E-state index contributed by atoms with van der Waals surface area (Å²) in [5.41, 5.74) is 2.35. The number of hydrogen-bond donors (Lipinski definition) is 2. The molecule has 0 bridgehead atoms. The fourth-order valence-corrected chi connectivity index (χ4v) is 5.40. The van der Waals surface area contributed by atoms with Crippen molar-refractivity contribution in [3.05, 3.63) is 36.0 Å². The summed E-state index contributed by atoms with van der Waals surface area (Å²) in [5, 5.41) is 6.29. The Labute approximate surface area is 244 Å². The van der Waals surface area contributed by atoms with Crippen LogP contribution in [0.15, 0.2) is 30.5 Å². The Balaban J connectivity index is 1.47. The fraction of sp³-hybridized carbons (Fsp3) is 0.600. The molecule has 0 saturated carbocycles. The quantitative estimate of drug-likeness (QED) is 0.445. The van der Waals surface area contributed by atoms with Gasteiger partial charge in [-0.15, -0.1) is 0 Å². The van der Waals surface area contributed by atoms with E-state index in [0.29, 0.717) is 24.7 Å². The highest BCUT2D eigenvalue weighted by Gasteiger charge is 2.37. The van der Waals surface area contributed by atoms with Crippen LogP contribution in [-0.2, 0) is 11.3 Å². The van der Waals surface area contributed by atoms with Crippen molar-refractivity contribution in [1.82, 2.24) is 25.1 Å². The second-order valence-electron chi connectivity index (χ2n) is 12.0. The molecule has 11 heteroatoms. The number of anilines is 4. The van der Waals surface area contributed by atoms with Crippen molar-refractivity contribution in [1.29, 1.82) is 0 Å². The van der Waals surface area contributed by atoms with Gasteiger partial charge in [0.15, 0.2) is 0 Å². The SMILES string of the molecule is CCCC(C(CC)NC(=O)OC(C)(C)C)N1Cc2cnc(Nc3ccc(N4CCN(C)CC4)cc3)nc2N(C)C1=O. The van der Waals surface area contributed by atoms with Crippen LogP contribution < -0.4 is 20.4 Å². The molecule has 1 saturated heterocycles. The number of piperazine rings is 1. The third-order valence-electron chi connectivity index (χ3n) is 7.62. The Morgan fingerprint density at radius 1 is 1.07 bits per heavy atom. The first-order valence-electron chi connectivity index (χ1n) is 14.7. The van der Waals surface area contributed by atoms with Crippen molar-refractivity contribution in [2.45, 2.75) is 78.1 Å². The number of aromatic nitrogens is 2. The minimum absolute atomic E-state index is 0.151. The lowest BCUT2D eigenvalue weighted by Crippen LogP contribution is -2.58. The van der Waals surface area contributed by atoms with Crippen LogP contribution in [0.3, 0.4) is 0 Å². The predicted molar refractivity (Wildman–Crippen MR) is 163 cm³/mol. The molecular formula is C30H46N8O3. The highest BCUT2D eigenvalue weighted by molar-refractivity contribution is 5.93. The van der Waals surface area contributed by atoms with E-state index in [9.17, 15) is 9.59 Å². The van der Waals surface area contributed by atoms with Crippen molar-refractivity contribution >= 4 is 35.3 Å². The van der Waals surface area contributed by atoms with E-state index < -0.39 is 11.7 Å². The molecule has 2 aliphatic rings. The summed E-state index contributed by atoms with van der Waals surface area (Å²) in [4.78, 5) is 43.6. The smallest absolute Gasteiger partial charge is 0.407 e. The normalized spacial score (nSPS) is 17.6. The third kappa shape index (κ3) is 7.58. The predicted octanol–water partition coefficient (Wildman–Crippen LogP) is 4.82. The maximum Gasteiger partial charge on any atom is 0.407 e. The van der Waals surface area contributed by atoms with Gasteiger partial charge in [0, 0.05) is 56.4 Å². The van der Waals surface area contributed by atoms with Crippen LogP contribution in [0.25, 0.3) is 0 Å². The van der Waals surface area contributed by atoms with Crippen LogP contribution >= 0.6 is 0 Å². The van der Waals surface area contributed by atoms with Gasteiger partial charge >= 0.3 is 12.1 Å². The van der Waals surface area contributed by atoms with Crippen molar-refractivity contribution in [3.63, 3.8) is 0 Å². The Morgan fingerprint density at radius 3 is 2.37 bits per heavy atom. The first-order valence-corrected chi connectivity index (χ1v) is 14.7. The zero-order valence-corrected chi connectivity index (χ0v) is 25.6. The van der Waals surface area contributed by atoms with Crippen molar-refractivity contribution in [2.24, 2.45) is 0 Å². The molecule has 2 atom stereocenters. The number of nitrogens with zero attached hydrogens (tertiary/aromatic N) is 6. The lowest BCUT2D eigenvalue weighted by atomic mass is 9.98. The van der Waals surface area contributed by atoms with Gasteiger partial charge in [-0.3, -0.25) is 4.90 Å². The summed E-state index contributed by atoms with van der Waals surface area (Å²) >= 11 is 0. The van der Waals surface area contributed by atoms with Gasteiger partial charge in [-0.25, -0.2) is 14.6 Å². The highest BCUT2D eigenvalue weighted by atomic mass is 16.6. The van der Waals surface area contributed by atoms with Gasteiger partial charge in [-0.2, -0.15) is 4.98 Å². The number of rotatable bonds is 9. The second-order valence-corrected chi connectivity index (χ2v) is 12.0. The molecule has 11 nitrogen and oxygen atoms in total. The number of fused-ring (bicyclic) bond motifs is 1. The molecule has 0 radical (unpaired) electrons. The van der Waals surface area contributed by atoms with Gasteiger partial charge in [0.05, 0.1) is 18.6 Å². The minimum Gasteiger partial charge on any atom is -0.444 e. The molecule has 1 aromatic heterocycles. The van der Waals surface area contributed by atoms with E-state index in [1.54, 1.807) is 18.1 Å². The first kappa shape index (κ1) is 30.4. The summed E-state index contributed by atoms with van der Waals surface area (Å²) < 4.78 is 5.50. The molecule has 2 unspecified atom stereocenters. The molecule has 2 N–H and O–H groups in total. The molecule has 0 spiro atoms. The number of carbonyl (C=O) groups is 2. The molecule has 1 aromatic carbocycles. The van der Waals surface area contributed by atoms with Gasteiger partial charge in [0.25, 0.3) is 0 Å². The molecule has 4 rings (SSSR count). The molecule has 1 fully saturated rings. The van der Waals surface area contributed by atoms with Crippen LogP contribution in [0.2, 0.25) is 0 Å². The minimum atomic E-state index is -0.599. The summed E-state index contributed by atoms with van der Waals surface area (Å²) in [6, 6.07) is 7.69. The molecular weight excluding hydrogens is 520 g/mol. The average molecular weight is 567 g/mol. The van der Waals surface area contributed by atoms with Crippen LogP contribution in [0.1, 0.15) is 59.4 Å². The summed E-state index contributed by atoms with van der Waals surface area (Å²) in [7, 11) is 3.89. The van der Waals surface area contributed by atoms with Gasteiger partial charge in [-0.1, -0.05) is 20.3 Å². The Kier molecular flexibility index (Phi) is 9.57. The molecule has 3 amide bonds. The number of amides is 3. The zero-order valence-electron chi connectivity index (χ0n) is 25.6. The third-order valence-corrected chi connectivity index (χ3v) is 7.62. The molecule has 2 aromatic rings. The number of ether oxygens (including phenoxy) is 1. The first-order chi connectivity index (χ1) is 19.5. The van der Waals surface area contributed by atoms with Gasteiger partial charge in [0.1, 0.15) is 11.4 Å². The summed E-state index contributed by atoms with van der Waals surface area (Å²) in [5.74, 6) is 1.02. The number of alkyl carbamates (subject to hydrolysis) is 1. The maximum absolute atomic E-state index is 13.6. The average Bonchev–Trinajstić information content (AvgIpc) is 2.93. The van der Waals surface area contributed by atoms with Crippen LogP contribution in [0.5, 0.6) is 0 Å². The van der Waals surface area contributed by atoms with E-state index in [0.717, 1.165) is 50.3 Å². The molecule has 41 heavy (non-hydrogen) atoms. The monoisotopic (exact) mass is 566 g/mol. The maximum atomic E-state index is 13.6. The van der Waals surface area contributed by atoms with E-state index in [1.807, 2.05) is 44.7 Å². The van der Waals surface area contributed by atoms with Crippen LogP contribution in [-0.4, -0.2) is 89.9 Å². The molecule has 2 aliphatic heterocycles. The van der Waals surface area contributed by atoms with Gasteiger partial charge in [-0.05, 0) is 64.9 Å². The van der Waals surface area contributed by atoms with E-state index in [-0.39, 0.29) is 18.1 Å². The van der Waals surface area contributed by atoms with E-state index in [1.165, 1.54) is 5.69 Å². The summed E-state index contributed by atoms with van der Waals surface area (Å²) in [6.45, 7) is 14.1. The van der Waals surface area contributed by atoms with Crippen LogP contribution in [0.4, 0.5) is 32.7 Å². The van der Waals surface area contributed by atoms with Gasteiger partial charge < -0.3 is 30.1 Å². The Bertz CT molecular complexity index is 1190. The van der Waals surface area contributed by atoms with Crippen molar-refractivity contribution in [2.75, 3.05) is 55.4 Å². The fourth-order valence-electron chi connectivity index (χ4n) is 5.40. The number of nitrogens with one attached hydrogen (secondary N) is 2. The second kappa shape index (κ2) is 12.9. The van der Waals surface area contributed by atoms with Gasteiger partial charge in [0.2, 0.25) is 5.95 Å². The van der Waals surface area contributed by atoms with Crippen molar-refractivity contribution in [3.8, 4) is 0 Å². The number of urea groups is 1. The van der Waals surface area contributed by atoms with E-state index in [2.05, 4.69) is 51.5 Å². The molecule has 3 heterocycles. The van der Waals surface area contributed by atoms with E-state index in [4.69, 9.17) is 9.72 Å². The van der Waals surface area contributed by atoms with Crippen molar-refractivity contribution < 1.29 is 14.3 Å². The summed E-state index contributed by atoms with van der Waals surface area (Å²) in [6.07, 6.45) is 3.58. The molecule has 224 valence electrons. The molecule has 0 aliphatic carbocycles. The number of hydrogen-bond acceptors (Lipinski definition) is 8. The highest BCUT2D eigenvalue weighted by Crippen LogP contribution is 2.31. The number of benzene rings is 1.